The highest BCUT2D eigenvalue weighted by Crippen LogP contribution is 2.45. The van der Waals surface area contributed by atoms with Gasteiger partial charge in [0.15, 0.2) is 0 Å². The van der Waals surface area contributed by atoms with Crippen LogP contribution in [0.2, 0.25) is 0 Å². The Labute approximate surface area is 165 Å². The molecular formula is C22H23N3O2S. The van der Waals surface area contributed by atoms with E-state index in [0.29, 0.717) is 18.0 Å². The molecule has 1 saturated heterocycles. The molecule has 0 N–H and O–H groups in total. The Morgan fingerprint density at radius 1 is 0.821 bits per heavy atom. The lowest BCUT2D eigenvalue weighted by Gasteiger charge is -2.37. The number of aromatic nitrogens is 2. The Morgan fingerprint density at radius 3 is 2.11 bits per heavy atom. The van der Waals surface area contributed by atoms with E-state index >= 15 is 0 Å². The van der Waals surface area contributed by atoms with Crippen molar-refractivity contribution in [2.75, 3.05) is 13.1 Å². The number of piperidine rings is 1. The van der Waals surface area contributed by atoms with Crippen molar-refractivity contribution in [3.63, 3.8) is 0 Å². The molecule has 0 bridgehead atoms. The second-order valence-corrected chi connectivity index (χ2v) is 9.67. The largest absolute Gasteiger partial charge is 0.328 e. The van der Waals surface area contributed by atoms with Crippen LogP contribution in [0.25, 0.3) is 11.3 Å². The van der Waals surface area contributed by atoms with E-state index in [1.165, 1.54) is 5.56 Å². The van der Waals surface area contributed by atoms with Gasteiger partial charge in [-0.15, -0.1) is 0 Å². The average molecular weight is 394 g/mol. The molecule has 2 aromatic carbocycles. The van der Waals surface area contributed by atoms with Crippen LogP contribution in [0, 0.1) is 0 Å². The quantitative estimate of drug-likeness (QED) is 0.682. The van der Waals surface area contributed by atoms with Crippen LogP contribution in [0.1, 0.15) is 25.1 Å². The summed E-state index contributed by atoms with van der Waals surface area (Å²) >= 11 is 0. The predicted molar refractivity (Wildman–Crippen MR) is 108 cm³/mol. The van der Waals surface area contributed by atoms with E-state index in [1.54, 1.807) is 28.6 Å². The minimum absolute atomic E-state index is 0.00423. The van der Waals surface area contributed by atoms with Crippen molar-refractivity contribution in [1.29, 1.82) is 0 Å². The molecule has 6 heteroatoms. The van der Waals surface area contributed by atoms with Crippen molar-refractivity contribution in [3.05, 3.63) is 72.7 Å². The Morgan fingerprint density at radius 2 is 1.43 bits per heavy atom. The lowest BCUT2D eigenvalue weighted by atomic mass is 9.77. The zero-order chi connectivity index (χ0) is 19.2. The minimum Gasteiger partial charge on any atom is -0.328 e. The number of hydrogen-bond donors (Lipinski definition) is 0. The third-order valence-corrected chi connectivity index (χ3v) is 8.19. The highest BCUT2D eigenvalue weighted by Gasteiger charge is 2.45. The second kappa shape index (κ2) is 6.57. The van der Waals surface area contributed by atoms with Crippen molar-refractivity contribution in [1.82, 2.24) is 13.9 Å². The maximum Gasteiger partial charge on any atom is 0.243 e. The van der Waals surface area contributed by atoms with Gasteiger partial charge in [-0.1, -0.05) is 48.5 Å². The third kappa shape index (κ3) is 2.71. The number of fused-ring (bicyclic) bond motifs is 2. The smallest absolute Gasteiger partial charge is 0.243 e. The van der Waals surface area contributed by atoms with Gasteiger partial charge in [-0.3, -0.25) is 0 Å². The number of sulfonamides is 1. The van der Waals surface area contributed by atoms with E-state index in [0.717, 1.165) is 37.3 Å². The summed E-state index contributed by atoms with van der Waals surface area (Å²) in [6.07, 6.45) is 4.66. The molecule has 5 nitrogen and oxygen atoms in total. The highest BCUT2D eigenvalue weighted by molar-refractivity contribution is 7.89. The first-order valence-corrected chi connectivity index (χ1v) is 11.2. The molecular weight excluding hydrogens is 370 g/mol. The van der Waals surface area contributed by atoms with Gasteiger partial charge in [-0.25, -0.2) is 13.4 Å². The van der Waals surface area contributed by atoms with Crippen molar-refractivity contribution in [2.45, 2.75) is 36.1 Å². The summed E-state index contributed by atoms with van der Waals surface area (Å²) in [5.41, 5.74) is 2.34. The molecule has 0 radical (unpaired) electrons. The van der Waals surface area contributed by atoms with E-state index in [4.69, 9.17) is 4.98 Å². The van der Waals surface area contributed by atoms with Gasteiger partial charge in [0.05, 0.1) is 16.8 Å². The van der Waals surface area contributed by atoms with Gasteiger partial charge in [0.25, 0.3) is 0 Å². The third-order valence-electron chi connectivity index (χ3n) is 6.27. The van der Waals surface area contributed by atoms with E-state index in [2.05, 4.69) is 16.7 Å². The average Bonchev–Trinajstić information content (AvgIpc) is 3.32. The maximum atomic E-state index is 12.9. The van der Waals surface area contributed by atoms with Crippen molar-refractivity contribution in [2.24, 2.45) is 0 Å². The fourth-order valence-electron chi connectivity index (χ4n) is 4.67. The number of rotatable bonds is 3. The van der Waals surface area contributed by atoms with Crippen LogP contribution in [-0.4, -0.2) is 35.4 Å². The molecule has 0 aliphatic carbocycles. The standard InChI is InChI=1S/C22H23N3O2S/c26-28(27,19-9-5-2-6-10-19)24-14-11-22(12-15-24)13-16-25-20(17-23-21(22)25)18-7-3-1-4-8-18/h1-10,17H,11-16H2. The van der Waals surface area contributed by atoms with Crippen LogP contribution in [0.4, 0.5) is 0 Å². The molecule has 0 saturated carbocycles. The SMILES string of the molecule is O=S(=O)(c1ccccc1)N1CCC2(CC1)CCn1c(-c3ccccc3)cnc12. The van der Waals surface area contributed by atoms with Gasteiger partial charge in [0.2, 0.25) is 10.0 Å². The zero-order valence-corrected chi connectivity index (χ0v) is 16.5. The Kier molecular flexibility index (Phi) is 4.14. The summed E-state index contributed by atoms with van der Waals surface area (Å²) in [6.45, 7) is 2.04. The molecule has 0 amide bonds. The monoisotopic (exact) mass is 393 g/mol. The van der Waals surface area contributed by atoms with E-state index in [1.807, 2.05) is 30.5 Å². The first-order valence-electron chi connectivity index (χ1n) is 9.77. The van der Waals surface area contributed by atoms with Gasteiger partial charge < -0.3 is 4.57 Å². The molecule has 144 valence electrons. The van der Waals surface area contributed by atoms with Gasteiger partial charge in [0, 0.05) is 25.0 Å². The minimum atomic E-state index is -3.42. The topological polar surface area (TPSA) is 55.2 Å². The summed E-state index contributed by atoms with van der Waals surface area (Å²) in [6, 6.07) is 19.1. The summed E-state index contributed by atoms with van der Waals surface area (Å²) in [7, 11) is -3.42. The molecule has 0 unspecified atom stereocenters. The Hall–Kier alpha value is -2.44. The summed E-state index contributed by atoms with van der Waals surface area (Å²) in [5.74, 6) is 1.13. The fraction of sp³-hybridized carbons (Fsp3) is 0.318. The number of benzene rings is 2. The molecule has 1 fully saturated rings. The van der Waals surface area contributed by atoms with Crippen LogP contribution in [-0.2, 0) is 22.0 Å². The number of nitrogens with zero attached hydrogens (tertiary/aromatic N) is 3. The maximum absolute atomic E-state index is 12.9. The van der Waals surface area contributed by atoms with Crippen LogP contribution in [0.3, 0.4) is 0 Å². The van der Waals surface area contributed by atoms with Gasteiger partial charge in [0.1, 0.15) is 5.82 Å². The lowest BCUT2D eigenvalue weighted by molar-refractivity contribution is 0.228. The van der Waals surface area contributed by atoms with Crippen LogP contribution in [0.5, 0.6) is 0 Å². The lowest BCUT2D eigenvalue weighted by Crippen LogP contribution is -2.44. The zero-order valence-electron chi connectivity index (χ0n) is 15.7. The number of imidazole rings is 1. The highest BCUT2D eigenvalue weighted by atomic mass is 32.2. The van der Waals surface area contributed by atoms with Gasteiger partial charge in [-0.05, 0) is 37.0 Å². The van der Waals surface area contributed by atoms with Gasteiger partial charge in [-0.2, -0.15) is 4.31 Å². The normalized spacial score (nSPS) is 19.0. The Balaban J connectivity index is 1.39. The second-order valence-electron chi connectivity index (χ2n) is 7.73. The molecule has 3 aromatic rings. The molecule has 5 rings (SSSR count). The molecule has 0 atom stereocenters. The number of hydrogen-bond acceptors (Lipinski definition) is 3. The van der Waals surface area contributed by atoms with Crippen LogP contribution in [0.15, 0.2) is 71.8 Å². The predicted octanol–water partition coefficient (Wildman–Crippen LogP) is 3.68. The van der Waals surface area contributed by atoms with Crippen molar-refractivity contribution in [3.8, 4) is 11.3 Å². The van der Waals surface area contributed by atoms with Crippen LogP contribution >= 0.6 is 0 Å². The van der Waals surface area contributed by atoms with E-state index < -0.39 is 10.0 Å². The summed E-state index contributed by atoms with van der Waals surface area (Å²) in [5, 5.41) is 0. The van der Waals surface area contributed by atoms with E-state index in [9.17, 15) is 8.42 Å². The first kappa shape index (κ1) is 17.6. The Bertz CT molecular complexity index is 1080. The van der Waals surface area contributed by atoms with Crippen LogP contribution < -0.4 is 0 Å². The molecule has 1 aromatic heterocycles. The molecule has 2 aliphatic rings. The fourth-order valence-corrected chi connectivity index (χ4v) is 6.13. The molecule has 2 aliphatic heterocycles. The summed E-state index contributed by atoms with van der Waals surface area (Å²) in [4.78, 5) is 5.17. The van der Waals surface area contributed by atoms with Gasteiger partial charge >= 0.3 is 0 Å². The summed E-state index contributed by atoms with van der Waals surface area (Å²) < 4.78 is 29.8. The van der Waals surface area contributed by atoms with Crippen molar-refractivity contribution < 1.29 is 8.42 Å². The first-order chi connectivity index (χ1) is 13.6. The van der Waals surface area contributed by atoms with E-state index in [-0.39, 0.29) is 5.41 Å². The molecule has 1 spiro atoms. The molecule has 3 heterocycles. The molecule has 28 heavy (non-hydrogen) atoms. The van der Waals surface area contributed by atoms with Crippen molar-refractivity contribution >= 4 is 10.0 Å².